The number of Topliss-reactive ketones (excluding diaryl/α,β-unsaturated/α-hetero) is 1. The van der Waals surface area contributed by atoms with Crippen molar-refractivity contribution in [2.45, 2.75) is 18.9 Å². The molecule has 1 N–H and O–H groups in total. The van der Waals surface area contributed by atoms with Gasteiger partial charge in [-0.05, 0) is 54.8 Å². The summed E-state index contributed by atoms with van der Waals surface area (Å²) in [6, 6.07) is 8.74. The third kappa shape index (κ3) is 4.16. The van der Waals surface area contributed by atoms with E-state index in [1.165, 1.54) is 30.3 Å². The Morgan fingerprint density at radius 3 is 2.38 bits per heavy atom. The third-order valence-electron chi connectivity index (χ3n) is 4.60. The van der Waals surface area contributed by atoms with Crippen molar-refractivity contribution in [1.29, 1.82) is 0 Å². The van der Waals surface area contributed by atoms with Crippen LogP contribution in [0.15, 0.2) is 54.1 Å². The number of carboxylic acid groups (broad SMARTS) is 1. The molecular formula is C21H16F2NO5-. The number of halogens is 2. The number of nitrogens with zero attached hydrogens (tertiary/aromatic N) is 1. The maximum absolute atomic E-state index is 13.8. The Morgan fingerprint density at radius 1 is 1.07 bits per heavy atom. The molecule has 0 aromatic heterocycles. The second-order valence-corrected chi connectivity index (χ2v) is 6.53. The number of aliphatic hydroxyl groups is 1. The number of hydrogen-bond acceptors (Lipinski definition) is 5. The van der Waals surface area contributed by atoms with E-state index in [1.54, 1.807) is 0 Å². The molecule has 1 fully saturated rings. The molecule has 2 aromatic rings. The van der Waals surface area contributed by atoms with Gasteiger partial charge in [0.1, 0.15) is 17.4 Å². The predicted molar refractivity (Wildman–Crippen MR) is 96.1 cm³/mol. The van der Waals surface area contributed by atoms with Crippen LogP contribution in [0, 0.1) is 11.6 Å². The van der Waals surface area contributed by atoms with Crippen LogP contribution >= 0.6 is 0 Å². The van der Waals surface area contributed by atoms with Gasteiger partial charge in [0.2, 0.25) is 0 Å². The van der Waals surface area contributed by atoms with Gasteiger partial charge >= 0.3 is 0 Å². The van der Waals surface area contributed by atoms with E-state index in [0.29, 0.717) is 0 Å². The highest BCUT2D eigenvalue weighted by atomic mass is 19.1. The van der Waals surface area contributed by atoms with Crippen molar-refractivity contribution in [3.63, 3.8) is 0 Å². The molecule has 0 bridgehead atoms. The Kier molecular flexibility index (Phi) is 5.72. The van der Waals surface area contributed by atoms with Gasteiger partial charge in [-0.25, -0.2) is 8.78 Å². The number of benzene rings is 2. The van der Waals surface area contributed by atoms with Gasteiger partial charge in [0.25, 0.3) is 11.7 Å². The van der Waals surface area contributed by atoms with Gasteiger partial charge in [-0.1, -0.05) is 12.1 Å². The van der Waals surface area contributed by atoms with Crippen molar-refractivity contribution >= 4 is 23.4 Å². The first-order chi connectivity index (χ1) is 13.8. The third-order valence-corrected chi connectivity index (χ3v) is 4.60. The lowest BCUT2D eigenvalue weighted by Gasteiger charge is -2.25. The van der Waals surface area contributed by atoms with E-state index in [1.807, 2.05) is 0 Å². The van der Waals surface area contributed by atoms with Crippen LogP contribution in [-0.2, 0) is 14.4 Å². The SMILES string of the molecule is O=C([O-])CCCN1C(=O)C(=O)C(=C(O)c2ccc(F)cc2)[C@H]1c1cccc(F)c1. The van der Waals surface area contributed by atoms with Gasteiger partial charge in [0, 0.05) is 18.1 Å². The molecule has 0 unspecified atom stereocenters. The molecule has 1 aliphatic rings. The van der Waals surface area contributed by atoms with Gasteiger partial charge in [0.15, 0.2) is 0 Å². The largest absolute Gasteiger partial charge is 0.550 e. The average molecular weight is 400 g/mol. The molecule has 29 heavy (non-hydrogen) atoms. The Morgan fingerprint density at radius 2 is 1.76 bits per heavy atom. The fourth-order valence-electron chi connectivity index (χ4n) is 3.29. The molecule has 1 heterocycles. The van der Waals surface area contributed by atoms with Crippen LogP contribution in [0.2, 0.25) is 0 Å². The summed E-state index contributed by atoms with van der Waals surface area (Å²) < 4.78 is 27.0. The molecule has 0 aliphatic carbocycles. The number of carboxylic acids is 1. The van der Waals surface area contributed by atoms with E-state index in [-0.39, 0.29) is 36.1 Å². The molecule has 1 atom stereocenters. The molecule has 8 heteroatoms. The maximum atomic E-state index is 13.8. The summed E-state index contributed by atoms with van der Waals surface area (Å²) in [6.45, 7) is -0.111. The minimum absolute atomic E-state index is 0.0117. The molecule has 0 radical (unpaired) electrons. The number of carbonyl (C=O) groups is 3. The summed E-state index contributed by atoms with van der Waals surface area (Å²) in [4.78, 5) is 37.0. The fraction of sp³-hybridized carbons (Fsp3) is 0.190. The first-order valence-corrected chi connectivity index (χ1v) is 8.79. The smallest absolute Gasteiger partial charge is 0.295 e. The second-order valence-electron chi connectivity index (χ2n) is 6.53. The minimum Gasteiger partial charge on any atom is -0.550 e. The Balaban J connectivity index is 2.10. The van der Waals surface area contributed by atoms with E-state index >= 15 is 0 Å². The zero-order valence-corrected chi connectivity index (χ0v) is 15.1. The lowest BCUT2D eigenvalue weighted by Crippen LogP contribution is -2.32. The van der Waals surface area contributed by atoms with Crippen molar-refractivity contribution in [3.8, 4) is 0 Å². The van der Waals surface area contributed by atoms with Crippen molar-refractivity contribution in [2.24, 2.45) is 0 Å². The van der Waals surface area contributed by atoms with Crippen molar-refractivity contribution in [3.05, 3.63) is 76.9 Å². The minimum atomic E-state index is -1.31. The number of amides is 1. The van der Waals surface area contributed by atoms with Gasteiger partial charge in [0.05, 0.1) is 11.6 Å². The standard InChI is InChI=1S/C21H17F2NO5/c22-14-8-6-12(7-9-14)19(27)17-18(13-3-1-4-15(23)11-13)24(21(29)20(17)28)10-2-5-16(25)26/h1,3-4,6-9,11,18,27H,2,5,10H2,(H,25,26)/p-1/t18-/m1/s1. The molecule has 6 nitrogen and oxygen atoms in total. The van der Waals surface area contributed by atoms with Crippen LogP contribution in [-0.4, -0.2) is 34.2 Å². The number of ketones is 1. The lowest BCUT2D eigenvalue weighted by atomic mass is 9.95. The number of aliphatic hydroxyl groups excluding tert-OH is 1. The van der Waals surface area contributed by atoms with E-state index in [2.05, 4.69) is 0 Å². The topological polar surface area (TPSA) is 97.7 Å². The van der Waals surface area contributed by atoms with Crippen LogP contribution in [0.25, 0.3) is 5.76 Å². The second kappa shape index (κ2) is 8.22. The van der Waals surface area contributed by atoms with Crippen molar-refractivity contribution < 1.29 is 33.4 Å². The summed E-state index contributed by atoms with van der Waals surface area (Å²) >= 11 is 0. The predicted octanol–water partition coefficient (Wildman–Crippen LogP) is 1.92. The quantitative estimate of drug-likeness (QED) is 0.454. The zero-order chi connectivity index (χ0) is 21.1. The van der Waals surface area contributed by atoms with E-state index in [4.69, 9.17) is 0 Å². The normalized spacial score (nSPS) is 18.3. The summed E-state index contributed by atoms with van der Waals surface area (Å²) in [5, 5.41) is 21.4. The van der Waals surface area contributed by atoms with Crippen LogP contribution in [0.3, 0.4) is 0 Å². The summed E-state index contributed by atoms with van der Waals surface area (Å²) in [7, 11) is 0. The molecule has 2 aromatic carbocycles. The van der Waals surface area contributed by atoms with Crippen LogP contribution in [0.4, 0.5) is 8.78 Å². The van der Waals surface area contributed by atoms with Gasteiger partial charge < -0.3 is 19.9 Å². The number of hydrogen-bond donors (Lipinski definition) is 1. The van der Waals surface area contributed by atoms with Crippen molar-refractivity contribution in [2.75, 3.05) is 6.54 Å². The summed E-state index contributed by atoms with van der Waals surface area (Å²) in [6.07, 6.45) is -0.325. The first-order valence-electron chi connectivity index (χ1n) is 8.79. The van der Waals surface area contributed by atoms with Gasteiger partial charge in [-0.3, -0.25) is 9.59 Å². The number of carbonyl (C=O) groups excluding carboxylic acids is 3. The van der Waals surface area contributed by atoms with Crippen LogP contribution < -0.4 is 5.11 Å². The average Bonchev–Trinajstić information content (AvgIpc) is 2.93. The van der Waals surface area contributed by atoms with Crippen LogP contribution in [0.5, 0.6) is 0 Å². The first kappa shape index (κ1) is 20.2. The van der Waals surface area contributed by atoms with E-state index in [0.717, 1.165) is 23.1 Å². The fourth-order valence-corrected chi connectivity index (χ4v) is 3.29. The molecule has 1 amide bonds. The highest BCUT2D eigenvalue weighted by molar-refractivity contribution is 6.46. The summed E-state index contributed by atoms with van der Waals surface area (Å²) in [5.41, 5.74) is 0.0718. The highest BCUT2D eigenvalue weighted by Gasteiger charge is 2.45. The Hall–Kier alpha value is -3.55. The van der Waals surface area contributed by atoms with E-state index < -0.39 is 41.1 Å². The van der Waals surface area contributed by atoms with Gasteiger partial charge in [-0.15, -0.1) is 0 Å². The number of likely N-dealkylation sites (tertiary alicyclic amines) is 1. The van der Waals surface area contributed by atoms with E-state index in [9.17, 15) is 33.4 Å². The van der Waals surface area contributed by atoms with Crippen LogP contribution in [0.1, 0.15) is 30.0 Å². The number of rotatable bonds is 6. The van der Waals surface area contributed by atoms with Crippen molar-refractivity contribution in [1.82, 2.24) is 4.90 Å². The highest BCUT2D eigenvalue weighted by Crippen LogP contribution is 2.39. The molecule has 1 saturated heterocycles. The number of aliphatic carboxylic acids is 1. The Bertz CT molecular complexity index is 1000. The monoisotopic (exact) mass is 400 g/mol. The molecule has 0 saturated carbocycles. The lowest BCUT2D eigenvalue weighted by molar-refractivity contribution is -0.305. The molecule has 150 valence electrons. The molecule has 0 spiro atoms. The maximum Gasteiger partial charge on any atom is 0.295 e. The molecular weight excluding hydrogens is 384 g/mol. The Labute approximate surface area is 164 Å². The summed E-state index contributed by atoms with van der Waals surface area (Å²) in [5.74, 6) is -4.93. The zero-order valence-electron chi connectivity index (χ0n) is 15.1. The van der Waals surface area contributed by atoms with Gasteiger partial charge in [-0.2, -0.15) is 0 Å². The molecule has 3 rings (SSSR count). The molecule has 1 aliphatic heterocycles.